The highest BCUT2D eigenvalue weighted by molar-refractivity contribution is 5.88. The Balaban J connectivity index is -0.000000234. The van der Waals surface area contributed by atoms with Crippen molar-refractivity contribution in [2.75, 3.05) is 26.9 Å². The van der Waals surface area contributed by atoms with E-state index in [2.05, 4.69) is 11.3 Å². The molecular weight excluding hydrogens is 288 g/mol. The summed E-state index contributed by atoms with van der Waals surface area (Å²) in [5.74, 6) is -3.02. The fraction of sp³-hybridized carbons (Fsp3) is 0.583. The summed E-state index contributed by atoms with van der Waals surface area (Å²) in [6, 6.07) is 0. The molecule has 0 atom stereocenters. The van der Waals surface area contributed by atoms with Gasteiger partial charge in [-0.15, -0.1) is 0 Å². The van der Waals surface area contributed by atoms with E-state index in [1.54, 1.807) is 6.92 Å². The first-order chi connectivity index (χ1) is 9.62. The van der Waals surface area contributed by atoms with Gasteiger partial charge in [0.05, 0.1) is 26.9 Å². The lowest BCUT2D eigenvalue weighted by Crippen LogP contribution is -2.29. The Morgan fingerprint density at radius 1 is 1.05 bits per heavy atom. The maximum Gasteiger partial charge on any atom is 0.329 e. The van der Waals surface area contributed by atoms with Crippen molar-refractivity contribution in [2.45, 2.75) is 13.3 Å². The van der Waals surface area contributed by atoms with Crippen molar-refractivity contribution in [1.82, 2.24) is 0 Å². The van der Waals surface area contributed by atoms with E-state index in [1.807, 2.05) is 0 Å². The summed E-state index contributed by atoms with van der Waals surface area (Å²) >= 11 is 0. The molecule has 0 aliphatic carbocycles. The second kappa shape index (κ2) is 14.4. The molecule has 0 heterocycles. The minimum atomic E-state index is -1.31. The zero-order chi connectivity index (χ0) is 17.5. The Bertz CT molecular complexity index is 300. The first-order valence-electron chi connectivity index (χ1n) is 5.59. The first-order valence-corrected chi connectivity index (χ1v) is 5.59. The van der Waals surface area contributed by atoms with Gasteiger partial charge in [-0.2, -0.15) is 0 Å². The van der Waals surface area contributed by atoms with E-state index in [0.717, 1.165) is 6.08 Å². The van der Waals surface area contributed by atoms with Crippen molar-refractivity contribution in [3.63, 3.8) is 0 Å². The van der Waals surface area contributed by atoms with E-state index in [-0.39, 0.29) is 19.8 Å². The van der Waals surface area contributed by atoms with Gasteiger partial charge in [-0.1, -0.05) is 13.5 Å². The molecule has 0 aromatic carbocycles. The number of carboxylic acids is 2. The quantitative estimate of drug-likeness (QED) is 0.232. The molecule has 0 saturated heterocycles. The van der Waals surface area contributed by atoms with E-state index >= 15 is 0 Å². The number of ether oxygens (including phenoxy) is 1. The first kappa shape index (κ1) is 24.1. The fourth-order valence-electron chi connectivity index (χ4n) is 0.363. The predicted octanol–water partition coefficient (Wildman–Crippen LogP) is -1.14. The second-order valence-electron chi connectivity index (χ2n) is 3.98. The molecule has 0 aliphatic heterocycles. The Labute approximate surface area is 122 Å². The molecule has 0 saturated carbocycles. The lowest BCUT2D eigenvalue weighted by Gasteiger charge is -2.20. The van der Waals surface area contributed by atoms with Crippen LogP contribution in [0.2, 0.25) is 0 Å². The molecule has 0 aromatic rings. The number of aliphatic carboxylic acids is 2. The van der Waals surface area contributed by atoms with Crippen LogP contribution >= 0.6 is 0 Å². The maximum atomic E-state index is 9.84. The van der Waals surface area contributed by atoms with Crippen molar-refractivity contribution >= 4 is 17.9 Å². The van der Waals surface area contributed by atoms with Crippen molar-refractivity contribution in [3.05, 3.63) is 12.7 Å². The number of hydrogen-bond acceptors (Lipinski definition) is 7. The summed E-state index contributed by atoms with van der Waals surface area (Å²) in [6.45, 7) is 4.22. The van der Waals surface area contributed by atoms with Gasteiger partial charge >= 0.3 is 17.9 Å². The van der Waals surface area contributed by atoms with Gasteiger partial charge in [0.2, 0.25) is 0 Å². The third-order valence-electron chi connectivity index (χ3n) is 1.82. The largest absolute Gasteiger partial charge is 0.481 e. The molecular formula is C12H22O9. The van der Waals surface area contributed by atoms with E-state index in [0.29, 0.717) is 0 Å². The zero-order valence-electron chi connectivity index (χ0n) is 12.0. The summed E-state index contributed by atoms with van der Waals surface area (Å²) in [5.41, 5.74) is -0.708. The Kier molecular flexibility index (Phi) is 16.6. The highest BCUT2D eigenvalue weighted by Crippen LogP contribution is 2.10. The molecule has 0 spiro atoms. The molecule has 0 rings (SSSR count). The molecule has 5 N–H and O–H groups in total. The number of carbonyl (C=O) groups is 3. The zero-order valence-corrected chi connectivity index (χ0v) is 12.0. The number of hydrogen-bond donors (Lipinski definition) is 5. The van der Waals surface area contributed by atoms with Crippen LogP contribution in [0.4, 0.5) is 0 Å². The normalized spacial score (nSPS) is 9.19. The highest BCUT2D eigenvalue weighted by atomic mass is 16.5. The SMILES string of the molecule is C=CC(=O)OC.CC(CO)(CO)CO.O=C(O)CC(=O)O. The number of aliphatic hydroxyl groups excluding tert-OH is 3. The Morgan fingerprint density at radius 2 is 1.38 bits per heavy atom. The maximum absolute atomic E-state index is 9.84. The average Bonchev–Trinajstić information content (AvgIpc) is 2.45. The number of aliphatic hydroxyl groups is 3. The topological polar surface area (TPSA) is 162 Å². The lowest BCUT2D eigenvalue weighted by atomic mass is 9.95. The Morgan fingerprint density at radius 3 is 1.38 bits per heavy atom. The van der Waals surface area contributed by atoms with Gasteiger partial charge in [-0.25, -0.2) is 4.79 Å². The van der Waals surface area contributed by atoms with Crippen LogP contribution in [0.15, 0.2) is 12.7 Å². The van der Waals surface area contributed by atoms with Crippen molar-refractivity contribution in [2.24, 2.45) is 5.41 Å². The molecule has 9 nitrogen and oxygen atoms in total. The number of carboxylic acid groups (broad SMARTS) is 2. The number of methoxy groups -OCH3 is 1. The van der Waals surface area contributed by atoms with E-state index in [9.17, 15) is 14.4 Å². The third-order valence-corrected chi connectivity index (χ3v) is 1.82. The van der Waals surface area contributed by atoms with E-state index < -0.39 is 29.7 Å². The average molecular weight is 310 g/mol. The molecule has 21 heavy (non-hydrogen) atoms. The third kappa shape index (κ3) is 20.5. The van der Waals surface area contributed by atoms with Crippen molar-refractivity contribution in [1.29, 1.82) is 0 Å². The van der Waals surface area contributed by atoms with Gasteiger partial charge in [-0.3, -0.25) is 9.59 Å². The van der Waals surface area contributed by atoms with Crippen LogP contribution in [-0.2, 0) is 19.1 Å². The molecule has 0 aliphatic rings. The van der Waals surface area contributed by atoms with Gasteiger partial charge in [0, 0.05) is 11.5 Å². The van der Waals surface area contributed by atoms with Crippen LogP contribution in [-0.4, -0.2) is 70.4 Å². The van der Waals surface area contributed by atoms with Crippen LogP contribution in [0.3, 0.4) is 0 Å². The Hall–Kier alpha value is -1.97. The van der Waals surface area contributed by atoms with Gasteiger partial charge in [0.1, 0.15) is 6.42 Å². The minimum absolute atomic E-state index is 0.181. The highest BCUT2D eigenvalue weighted by Gasteiger charge is 2.20. The standard InChI is InChI=1S/C5H12O3.C4H6O2.C3H4O4/c1-5(2-6,3-7)4-8;1-3-4(5)6-2;4-2(5)1-3(6)7/h6-8H,2-4H2,1H3;3H,1H2,2H3;1H2,(H,4,5)(H,6,7). The minimum Gasteiger partial charge on any atom is -0.481 e. The molecule has 0 unspecified atom stereocenters. The molecule has 124 valence electrons. The van der Waals surface area contributed by atoms with Crippen LogP contribution in [0, 0.1) is 5.41 Å². The molecule has 0 aromatic heterocycles. The van der Waals surface area contributed by atoms with Crippen LogP contribution in [0.1, 0.15) is 13.3 Å². The van der Waals surface area contributed by atoms with Gasteiger partial charge in [0.25, 0.3) is 0 Å². The van der Waals surface area contributed by atoms with Crippen molar-refractivity contribution < 1.29 is 44.7 Å². The molecule has 0 amide bonds. The number of rotatable bonds is 6. The predicted molar refractivity (Wildman–Crippen MR) is 71.5 cm³/mol. The summed E-state index contributed by atoms with van der Waals surface area (Å²) in [7, 11) is 1.31. The van der Waals surface area contributed by atoms with Gasteiger partial charge < -0.3 is 30.3 Å². The molecule has 0 fully saturated rings. The summed E-state index contributed by atoms with van der Waals surface area (Å²) in [4.78, 5) is 28.7. The summed E-state index contributed by atoms with van der Waals surface area (Å²) in [5, 5.41) is 40.8. The summed E-state index contributed by atoms with van der Waals surface area (Å²) < 4.78 is 4.14. The second-order valence-corrected chi connectivity index (χ2v) is 3.98. The van der Waals surface area contributed by atoms with Crippen LogP contribution < -0.4 is 0 Å². The van der Waals surface area contributed by atoms with Crippen LogP contribution in [0.25, 0.3) is 0 Å². The number of esters is 1. The smallest absolute Gasteiger partial charge is 0.329 e. The fourth-order valence-corrected chi connectivity index (χ4v) is 0.363. The van der Waals surface area contributed by atoms with Gasteiger partial charge in [-0.05, 0) is 0 Å². The van der Waals surface area contributed by atoms with Crippen LogP contribution in [0.5, 0.6) is 0 Å². The monoisotopic (exact) mass is 310 g/mol. The lowest BCUT2D eigenvalue weighted by molar-refractivity contribution is -0.147. The molecule has 0 bridgehead atoms. The van der Waals surface area contributed by atoms with Gasteiger partial charge in [0.15, 0.2) is 0 Å². The molecule has 9 heteroatoms. The number of carbonyl (C=O) groups excluding carboxylic acids is 1. The summed E-state index contributed by atoms with van der Waals surface area (Å²) in [6.07, 6.45) is 0.306. The molecule has 0 radical (unpaired) electrons. The van der Waals surface area contributed by atoms with E-state index in [4.69, 9.17) is 25.5 Å². The van der Waals surface area contributed by atoms with Crippen molar-refractivity contribution in [3.8, 4) is 0 Å². The van der Waals surface area contributed by atoms with E-state index in [1.165, 1.54) is 7.11 Å².